The van der Waals surface area contributed by atoms with Gasteiger partial charge in [-0.05, 0) is 37.0 Å². The van der Waals surface area contributed by atoms with E-state index in [9.17, 15) is 13.2 Å². The number of sulfone groups is 1. The van der Waals surface area contributed by atoms with Crippen molar-refractivity contribution in [1.82, 2.24) is 4.90 Å². The maximum atomic E-state index is 12.8. The van der Waals surface area contributed by atoms with Crippen LogP contribution in [0.15, 0.2) is 23.1 Å². The number of likely N-dealkylation sites (tertiary alicyclic amines) is 1. The summed E-state index contributed by atoms with van der Waals surface area (Å²) in [5.41, 5.74) is 1.32. The van der Waals surface area contributed by atoms with E-state index in [1.165, 1.54) is 12.3 Å². The predicted octanol–water partition coefficient (Wildman–Crippen LogP) is 1.91. The molecule has 6 heteroatoms. The molecule has 0 aliphatic carbocycles. The summed E-state index contributed by atoms with van der Waals surface area (Å²) in [6.07, 6.45) is 3.78. The lowest BCUT2D eigenvalue weighted by Crippen LogP contribution is -2.32. The maximum Gasteiger partial charge on any atom is 0.253 e. The molecule has 2 fully saturated rings. The molecule has 1 aromatic carbocycles. The summed E-state index contributed by atoms with van der Waals surface area (Å²) >= 11 is 0. The molecule has 1 atom stereocenters. The average molecular weight is 337 g/mol. The van der Waals surface area contributed by atoms with Gasteiger partial charge in [-0.3, -0.25) is 4.79 Å². The molecule has 1 unspecified atom stereocenters. The minimum Gasteiger partial charge on any atom is -0.381 e. The second-order valence-electron chi connectivity index (χ2n) is 6.73. The molecule has 2 aliphatic heterocycles. The minimum absolute atomic E-state index is 0.0821. The maximum absolute atomic E-state index is 12.8. The third-order valence-corrected chi connectivity index (χ3v) is 6.18. The summed E-state index contributed by atoms with van der Waals surface area (Å²) in [6.45, 7) is 4.82. The molecule has 0 saturated carbocycles. The number of hydrogen-bond acceptors (Lipinski definition) is 4. The van der Waals surface area contributed by atoms with Crippen LogP contribution in [0.3, 0.4) is 0 Å². The van der Waals surface area contributed by atoms with Crippen molar-refractivity contribution < 1.29 is 17.9 Å². The highest BCUT2D eigenvalue weighted by Crippen LogP contribution is 2.38. The molecule has 3 rings (SSSR count). The summed E-state index contributed by atoms with van der Waals surface area (Å²) < 4.78 is 29.4. The van der Waals surface area contributed by atoms with Crippen LogP contribution in [-0.4, -0.2) is 51.8 Å². The lowest BCUT2D eigenvalue weighted by molar-refractivity contribution is 0.0765. The molecule has 0 bridgehead atoms. The number of aryl methyl sites for hydroxylation is 1. The van der Waals surface area contributed by atoms with Crippen LogP contribution in [0.5, 0.6) is 0 Å². The third-order valence-electron chi connectivity index (χ3n) is 5.00. The molecule has 2 heterocycles. The van der Waals surface area contributed by atoms with Crippen molar-refractivity contribution in [2.75, 3.05) is 32.6 Å². The highest BCUT2D eigenvalue weighted by molar-refractivity contribution is 7.90. The molecule has 0 aromatic heterocycles. The summed E-state index contributed by atoms with van der Waals surface area (Å²) in [4.78, 5) is 14.9. The van der Waals surface area contributed by atoms with Gasteiger partial charge in [0.25, 0.3) is 5.91 Å². The summed E-state index contributed by atoms with van der Waals surface area (Å²) in [7, 11) is -3.34. The van der Waals surface area contributed by atoms with Gasteiger partial charge in [0.2, 0.25) is 0 Å². The SMILES string of the molecule is CCc1ccc(C(=O)N2CCC3(CCOC3)C2)cc1S(C)(=O)=O. The van der Waals surface area contributed by atoms with Crippen LogP contribution in [0.25, 0.3) is 0 Å². The van der Waals surface area contributed by atoms with E-state index in [2.05, 4.69) is 0 Å². The zero-order valence-electron chi connectivity index (χ0n) is 13.7. The Labute approximate surface area is 137 Å². The Balaban J connectivity index is 1.86. The number of benzene rings is 1. The van der Waals surface area contributed by atoms with E-state index in [0.29, 0.717) is 25.1 Å². The van der Waals surface area contributed by atoms with Crippen LogP contribution in [0.4, 0.5) is 0 Å². The van der Waals surface area contributed by atoms with Crippen LogP contribution >= 0.6 is 0 Å². The van der Waals surface area contributed by atoms with E-state index in [0.717, 1.165) is 31.6 Å². The number of hydrogen-bond donors (Lipinski definition) is 0. The van der Waals surface area contributed by atoms with E-state index < -0.39 is 9.84 Å². The fourth-order valence-corrected chi connectivity index (χ4v) is 4.62. The van der Waals surface area contributed by atoms with E-state index in [4.69, 9.17) is 4.74 Å². The quantitative estimate of drug-likeness (QED) is 0.845. The number of amides is 1. The zero-order valence-corrected chi connectivity index (χ0v) is 14.5. The Bertz CT molecular complexity index is 720. The highest BCUT2D eigenvalue weighted by Gasteiger charge is 2.42. The van der Waals surface area contributed by atoms with Gasteiger partial charge in [-0.1, -0.05) is 13.0 Å². The molecule has 23 heavy (non-hydrogen) atoms. The van der Waals surface area contributed by atoms with Crippen LogP contribution in [-0.2, 0) is 21.0 Å². The Morgan fingerprint density at radius 3 is 2.74 bits per heavy atom. The van der Waals surface area contributed by atoms with E-state index in [-0.39, 0.29) is 16.2 Å². The first-order valence-electron chi connectivity index (χ1n) is 8.05. The fraction of sp³-hybridized carbons (Fsp3) is 0.588. The van der Waals surface area contributed by atoms with E-state index in [1.54, 1.807) is 12.1 Å². The van der Waals surface area contributed by atoms with Gasteiger partial charge in [-0.15, -0.1) is 0 Å². The lowest BCUT2D eigenvalue weighted by atomic mass is 9.87. The second kappa shape index (κ2) is 5.91. The lowest BCUT2D eigenvalue weighted by Gasteiger charge is -2.22. The van der Waals surface area contributed by atoms with Crippen LogP contribution in [0.1, 0.15) is 35.7 Å². The van der Waals surface area contributed by atoms with Crippen molar-refractivity contribution in [3.63, 3.8) is 0 Å². The molecular formula is C17H23NO4S. The molecule has 0 N–H and O–H groups in total. The van der Waals surface area contributed by atoms with Gasteiger partial charge in [-0.2, -0.15) is 0 Å². The Hall–Kier alpha value is -1.40. The Kier molecular flexibility index (Phi) is 4.23. The molecule has 1 aromatic rings. The third kappa shape index (κ3) is 3.15. The Morgan fingerprint density at radius 2 is 2.13 bits per heavy atom. The monoisotopic (exact) mass is 337 g/mol. The standard InChI is InChI=1S/C17H23NO4S/c1-3-13-4-5-14(10-15(13)23(2,20)21)16(19)18-8-6-17(11-18)7-9-22-12-17/h4-5,10H,3,6-9,11-12H2,1-2H3. The van der Waals surface area contributed by atoms with Gasteiger partial charge >= 0.3 is 0 Å². The number of carbonyl (C=O) groups is 1. The van der Waals surface area contributed by atoms with Gasteiger partial charge in [0.05, 0.1) is 11.5 Å². The van der Waals surface area contributed by atoms with Crippen molar-refractivity contribution in [2.45, 2.75) is 31.1 Å². The largest absolute Gasteiger partial charge is 0.381 e. The number of ether oxygens (including phenoxy) is 1. The van der Waals surface area contributed by atoms with Gasteiger partial charge in [0.15, 0.2) is 9.84 Å². The summed E-state index contributed by atoms with van der Waals surface area (Å²) in [5, 5.41) is 0. The smallest absolute Gasteiger partial charge is 0.253 e. The first-order valence-corrected chi connectivity index (χ1v) is 9.94. The van der Waals surface area contributed by atoms with Gasteiger partial charge < -0.3 is 9.64 Å². The van der Waals surface area contributed by atoms with Crippen molar-refractivity contribution in [1.29, 1.82) is 0 Å². The molecule has 0 radical (unpaired) electrons. The minimum atomic E-state index is -3.34. The van der Waals surface area contributed by atoms with E-state index >= 15 is 0 Å². The Morgan fingerprint density at radius 1 is 1.35 bits per heavy atom. The summed E-state index contributed by atoms with van der Waals surface area (Å²) in [6, 6.07) is 5.03. The first-order chi connectivity index (χ1) is 10.8. The average Bonchev–Trinajstić information content (AvgIpc) is 3.15. The molecule has 1 spiro atoms. The predicted molar refractivity (Wildman–Crippen MR) is 87.3 cm³/mol. The zero-order chi connectivity index (χ0) is 16.7. The first kappa shape index (κ1) is 16.5. The topological polar surface area (TPSA) is 63.7 Å². The van der Waals surface area contributed by atoms with Crippen molar-refractivity contribution in [3.05, 3.63) is 29.3 Å². The van der Waals surface area contributed by atoms with Crippen molar-refractivity contribution in [3.8, 4) is 0 Å². The second-order valence-corrected chi connectivity index (χ2v) is 8.71. The van der Waals surface area contributed by atoms with Crippen molar-refractivity contribution in [2.24, 2.45) is 5.41 Å². The molecule has 5 nitrogen and oxygen atoms in total. The van der Waals surface area contributed by atoms with Gasteiger partial charge in [0, 0.05) is 36.9 Å². The molecule has 1 amide bonds. The normalized spacial score (nSPS) is 24.5. The molecule has 2 saturated heterocycles. The van der Waals surface area contributed by atoms with Crippen LogP contribution < -0.4 is 0 Å². The van der Waals surface area contributed by atoms with E-state index in [1.807, 2.05) is 11.8 Å². The molecular weight excluding hydrogens is 314 g/mol. The van der Waals surface area contributed by atoms with Gasteiger partial charge in [-0.25, -0.2) is 8.42 Å². The number of nitrogens with zero attached hydrogens (tertiary/aromatic N) is 1. The number of rotatable bonds is 3. The molecule has 2 aliphatic rings. The van der Waals surface area contributed by atoms with Crippen molar-refractivity contribution >= 4 is 15.7 Å². The molecule has 126 valence electrons. The van der Waals surface area contributed by atoms with Crippen LogP contribution in [0.2, 0.25) is 0 Å². The number of carbonyl (C=O) groups excluding carboxylic acids is 1. The van der Waals surface area contributed by atoms with Crippen LogP contribution in [0, 0.1) is 5.41 Å². The summed E-state index contributed by atoms with van der Waals surface area (Å²) in [5.74, 6) is -0.0821. The fourth-order valence-electron chi connectivity index (χ4n) is 3.59. The van der Waals surface area contributed by atoms with Gasteiger partial charge in [0.1, 0.15) is 0 Å². The highest BCUT2D eigenvalue weighted by atomic mass is 32.2.